The molecule has 0 heterocycles. The lowest BCUT2D eigenvalue weighted by atomic mass is 9.82. The van der Waals surface area contributed by atoms with Gasteiger partial charge >= 0.3 is 0 Å². The van der Waals surface area contributed by atoms with E-state index >= 15 is 0 Å². The fourth-order valence-corrected chi connectivity index (χ4v) is 2.74. The first-order valence-electron chi connectivity index (χ1n) is 6.81. The summed E-state index contributed by atoms with van der Waals surface area (Å²) in [6.45, 7) is 12.9. The fourth-order valence-electron chi connectivity index (χ4n) is 2.48. The van der Waals surface area contributed by atoms with Crippen LogP contribution in [-0.4, -0.2) is 18.7 Å². The number of hydrogen-bond acceptors (Lipinski definition) is 2. The van der Waals surface area contributed by atoms with Crippen molar-refractivity contribution in [1.29, 1.82) is 0 Å². The molecule has 0 fully saturated rings. The zero-order valence-corrected chi connectivity index (χ0v) is 14.3. The molecule has 0 aliphatic rings. The van der Waals surface area contributed by atoms with Crippen LogP contribution in [0.25, 0.3) is 0 Å². The van der Waals surface area contributed by atoms with Gasteiger partial charge in [-0.15, -0.1) is 0 Å². The van der Waals surface area contributed by atoms with Crippen molar-refractivity contribution in [2.75, 3.05) is 13.2 Å². The third kappa shape index (κ3) is 7.58. The first-order valence-corrected chi connectivity index (χ1v) is 7.61. The lowest BCUT2D eigenvalue weighted by Crippen LogP contribution is -2.44. The van der Waals surface area contributed by atoms with E-state index < -0.39 is 0 Å². The first-order chi connectivity index (χ1) is 8.68. The van der Waals surface area contributed by atoms with Crippen molar-refractivity contribution < 1.29 is 4.74 Å². The van der Waals surface area contributed by atoms with E-state index in [9.17, 15) is 0 Å². The Morgan fingerprint density at radius 2 is 1.63 bits per heavy atom. The highest BCUT2D eigenvalue weighted by molar-refractivity contribution is 9.10. The lowest BCUT2D eigenvalue weighted by Gasteiger charge is -2.33. The Hall–Kier alpha value is -0.540. The number of hydrogen-bond donors (Lipinski definition) is 1. The quantitative estimate of drug-likeness (QED) is 0.769. The van der Waals surface area contributed by atoms with E-state index in [1.807, 2.05) is 24.3 Å². The van der Waals surface area contributed by atoms with Gasteiger partial charge in [0.1, 0.15) is 12.4 Å². The molecule has 0 aliphatic heterocycles. The van der Waals surface area contributed by atoms with Crippen LogP contribution in [0.5, 0.6) is 5.75 Å². The van der Waals surface area contributed by atoms with Crippen molar-refractivity contribution in [1.82, 2.24) is 5.32 Å². The molecule has 2 nitrogen and oxygen atoms in total. The van der Waals surface area contributed by atoms with E-state index in [1.165, 1.54) is 0 Å². The summed E-state index contributed by atoms with van der Waals surface area (Å²) in [5.74, 6) is 0.915. The summed E-state index contributed by atoms with van der Waals surface area (Å²) in [6.07, 6.45) is 1.14. The number of ether oxygens (including phenoxy) is 1. The van der Waals surface area contributed by atoms with Crippen LogP contribution in [0.2, 0.25) is 0 Å². The molecular weight excluding hydrogens is 302 g/mol. The molecule has 0 aliphatic carbocycles. The zero-order valence-electron chi connectivity index (χ0n) is 12.7. The predicted molar refractivity (Wildman–Crippen MR) is 85.8 cm³/mol. The van der Waals surface area contributed by atoms with Crippen molar-refractivity contribution in [2.45, 2.75) is 46.6 Å². The van der Waals surface area contributed by atoms with Gasteiger partial charge in [-0.25, -0.2) is 0 Å². The molecule has 0 spiro atoms. The summed E-state index contributed by atoms with van der Waals surface area (Å²) in [5.41, 5.74) is 0.477. The molecule has 3 heteroatoms. The van der Waals surface area contributed by atoms with Gasteiger partial charge < -0.3 is 10.1 Å². The van der Waals surface area contributed by atoms with E-state index in [2.05, 4.69) is 55.9 Å². The van der Waals surface area contributed by atoms with Crippen LogP contribution < -0.4 is 10.1 Å². The summed E-state index contributed by atoms with van der Waals surface area (Å²) in [7, 11) is 0. The lowest BCUT2D eigenvalue weighted by molar-refractivity contribution is 0.223. The van der Waals surface area contributed by atoms with Crippen molar-refractivity contribution in [2.24, 2.45) is 5.41 Å². The number of halogens is 1. The van der Waals surface area contributed by atoms with Crippen LogP contribution in [0.15, 0.2) is 28.7 Å². The minimum atomic E-state index is 0.140. The van der Waals surface area contributed by atoms with Crippen LogP contribution in [0.3, 0.4) is 0 Å². The van der Waals surface area contributed by atoms with Crippen LogP contribution >= 0.6 is 15.9 Å². The molecule has 0 radical (unpaired) electrons. The van der Waals surface area contributed by atoms with E-state index in [-0.39, 0.29) is 5.54 Å². The molecule has 1 N–H and O–H groups in total. The Morgan fingerprint density at radius 1 is 1.05 bits per heavy atom. The first kappa shape index (κ1) is 16.5. The highest BCUT2D eigenvalue weighted by Crippen LogP contribution is 2.26. The third-order valence-electron chi connectivity index (χ3n) is 2.76. The van der Waals surface area contributed by atoms with Crippen LogP contribution in [0, 0.1) is 5.41 Å². The second-order valence-corrected chi connectivity index (χ2v) is 7.77. The third-order valence-corrected chi connectivity index (χ3v) is 3.29. The van der Waals surface area contributed by atoms with Crippen molar-refractivity contribution in [3.8, 4) is 5.75 Å². The van der Waals surface area contributed by atoms with Crippen LogP contribution in [0.1, 0.15) is 41.0 Å². The number of nitrogens with one attached hydrogen (secondary N) is 1. The van der Waals surface area contributed by atoms with Crippen molar-refractivity contribution >= 4 is 15.9 Å². The summed E-state index contributed by atoms with van der Waals surface area (Å²) in [5, 5.41) is 3.56. The minimum Gasteiger partial charge on any atom is -0.492 e. The molecule has 1 aromatic carbocycles. The Labute approximate surface area is 126 Å². The molecule has 1 rings (SSSR count). The van der Waals surface area contributed by atoms with E-state index in [0.717, 1.165) is 23.2 Å². The molecule has 1 aromatic rings. The number of benzene rings is 1. The fraction of sp³-hybridized carbons (Fsp3) is 0.625. The molecule has 0 aromatic heterocycles. The minimum absolute atomic E-state index is 0.140. The smallest absolute Gasteiger partial charge is 0.119 e. The summed E-state index contributed by atoms with van der Waals surface area (Å²) in [4.78, 5) is 0. The van der Waals surface area contributed by atoms with Crippen molar-refractivity contribution in [3.05, 3.63) is 28.7 Å². The molecule has 0 saturated heterocycles. The summed E-state index contributed by atoms with van der Waals surface area (Å²) < 4.78 is 6.78. The van der Waals surface area contributed by atoms with Gasteiger partial charge in [-0.3, -0.25) is 0 Å². The maximum absolute atomic E-state index is 5.70. The SMILES string of the molecule is CC(C)(C)CC(C)(C)NCCOc1ccc(Br)cc1. The van der Waals surface area contributed by atoms with E-state index in [4.69, 9.17) is 4.74 Å². The molecule has 19 heavy (non-hydrogen) atoms. The van der Waals surface area contributed by atoms with Crippen LogP contribution in [0.4, 0.5) is 0 Å². The number of rotatable bonds is 6. The van der Waals surface area contributed by atoms with Gasteiger partial charge in [-0.1, -0.05) is 36.7 Å². The monoisotopic (exact) mass is 327 g/mol. The standard InChI is InChI=1S/C16H26BrNO/c1-15(2,3)12-16(4,5)18-10-11-19-14-8-6-13(17)7-9-14/h6-9,18H,10-12H2,1-5H3. The average molecular weight is 328 g/mol. The highest BCUT2D eigenvalue weighted by atomic mass is 79.9. The molecule has 0 amide bonds. The highest BCUT2D eigenvalue weighted by Gasteiger charge is 2.24. The Kier molecular flexibility index (Phi) is 5.87. The molecule has 0 unspecified atom stereocenters. The predicted octanol–water partition coefficient (Wildman–Crippen LogP) is 4.63. The largest absolute Gasteiger partial charge is 0.492 e. The van der Waals surface area contributed by atoms with Gasteiger partial charge in [-0.05, 0) is 49.9 Å². The molecule has 108 valence electrons. The molecule has 0 atom stereocenters. The van der Waals surface area contributed by atoms with Gasteiger partial charge in [0.15, 0.2) is 0 Å². The molecule has 0 bridgehead atoms. The Balaban J connectivity index is 2.28. The second-order valence-electron chi connectivity index (χ2n) is 6.85. The topological polar surface area (TPSA) is 21.3 Å². The van der Waals surface area contributed by atoms with Crippen molar-refractivity contribution in [3.63, 3.8) is 0 Å². The second kappa shape index (κ2) is 6.76. The Bertz CT molecular complexity index is 379. The molecule has 0 saturated carbocycles. The van der Waals surface area contributed by atoms with Gasteiger partial charge in [0.05, 0.1) is 0 Å². The van der Waals surface area contributed by atoms with Gasteiger partial charge in [-0.2, -0.15) is 0 Å². The van der Waals surface area contributed by atoms with E-state index in [0.29, 0.717) is 12.0 Å². The maximum Gasteiger partial charge on any atom is 0.119 e. The van der Waals surface area contributed by atoms with Gasteiger partial charge in [0, 0.05) is 16.6 Å². The summed E-state index contributed by atoms with van der Waals surface area (Å²) >= 11 is 3.41. The van der Waals surface area contributed by atoms with Crippen LogP contribution in [-0.2, 0) is 0 Å². The normalized spacial score (nSPS) is 12.5. The van der Waals surface area contributed by atoms with E-state index in [1.54, 1.807) is 0 Å². The Morgan fingerprint density at radius 3 is 2.16 bits per heavy atom. The van der Waals surface area contributed by atoms with Gasteiger partial charge in [0.25, 0.3) is 0 Å². The molecular formula is C16H26BrNO. The zero-order chi connectivity index (χ0) is 14.5. The summed E-state index contributed by atoms with van der Waals surface area (Å²) in [6, 6.07) is 7.94. The van der Waals surface area contributed by atoms with Gasteiger partial charge in [0.2, 0.25) is 0 Å². The maximum atomic E-state index is 5.70. The average Bonchev–Trinajstić information content (AvgIpc) is 2.23.